The second kappa shape index (κ2) is 7.67. The van der Waals surface area contributed by atoms with Gasteiger partial charge in [0.2, 0.25) is 5.91 Å². The van der Waals surface area contributed by atoms with E-state index >= 15 is 0 Å². The van der Waals surface area contributed by atoms with Gasteiger partial charge in [-0.25, -0.2) is 0 Å². The largest absolute Gasteiger partial charge is 0.392 e. The summed E-state index contributed by atoms with van der Waals surface area (Å²) in [6, 6.07) is 7.56. The van der Waals surface area contributed by atoms with Gasteiger partial charge in [0.15, 0.2) is 0 Å². The van der Waals surface area contributed by atoms with Crippen LogP contribution in [0.4, 0.5) is 0 Å². The van der Waals surface area contributed by atoms with Crippen molar-refractivity contribution in [3.8, 4) is 0 Å². The van der Waals surface area contributed by atoms with Gasteiger partial charge in [0.05, 0.1) is 6.10 Å². The van der Waals surface area contributed by atoms with Gasteiger partial charge < -0.3 is 10.0 Å². The predicted molar refractivity (Wildman–Crippen MR) is 76.1 cm³/mol. The maximum absolute atomic E-state index is 11.7. The number of aliphatic hydroxyl groups is 1. The molecule has 0 heterocycles. The minimum absolute atomic E-state index is 0.0531. The molecule has 1 N–H and O–H groups in total. The summed E-state index contributed by atoms with van der Waals surface area (Å²) in [7, 11) is 1.71. The maximum Gasteiger partial charge on any atom is 0.223 e. The highest BCUT2D eigenvalue weighted by molar-refractivity contribution is 7.99. The van der Waals surface area contributed by atoms with Gasteiger partial charge >= 0.3 is 0 Å². The molecule has 1 unspecified atom stereocenters. The molecule has 0 aromatic heterocycles. The zero-order valence-electron chi connectivity index (χ0n) is 10.6. The second-order valence-electron chi connectivity index (χ2n) is 4.18. The third kappa shape index (κ3) is 5.76. The van der Waals surface area contributed by atoms with Crippen molar-refractivity contribution in [1.82, 2.24) is 4.90 Å². The standard InChI is InChI=1S/C13H18ClNO2S/c1-10(16)9-15(2)13(17)7-8-18-12-5-3-11(14)4-6-12/h3-6,10,16H,7-9H2,1-2H3. The number of rotatable bonds is 6. The number of halogens is 1. The van der Waals surface area contributed by atoms with Crippen LogP contribution in [0.15, 0.2) is 29.2 Å². The number of carbonyl (C=O) groups excluding carboxylic acids is 1. The Morgan fingerprint density at radius 3 is 2.61 bits per heavy atom. The van der Waals surface area contributed by atoms with Crippen LogP contribution in [0, 0.1) is 0 Å². The summed E-state index contributed by atoms with van der Waals surface area (Å²) in [5, 5.41) is 9.90. The molecular formula is C13H18ClNO2S. The fourth-order valence-electron chi connectivity index (χ4n) is 1.48. The second-order valence-corrected chi connectivity index (χ2v) is 5.78. The lowest BCUT2D eigenvalue weighted by Crippen LogP contribution is -2.33. The van der Waals surface area contributed by atoms with Crippen molar-refractivity contribution < 1.29 is 9.90 Å². The molecule has 0 aliphatic rings. The minimum Gasteiger partial charge on any atom is -0.392 e. The van der Waals surface area contributed by atoms with Gasteiger partial charge in [0.1, 0.15) is 0 Å². The smallest absolute Gasteiger partial charge is 0.223 e. The van der Waals surface area contributed by atoms with Gasteiger partial charge in [-0.2, -0.15) is 0 Å². The van der Waals surface area contributed by atoms with Crippen LogP contribution in [0.3, 0.4) is 0 Å². The van der Waals surface area contributed by atoms with E-state index < -0.39 is 6.10 Å². The van der Waals surface area contributed by atoms with Crippen LogP contribution in [-0.4, -0.2) is 41.4 Å². The van der Waals surface area contributed by atoms with Gasteiger partial charge in [0.25, 0.3) is 0 Å². The summed E-state index contributed by atoms with van der Waals surface area (Å²) >= 11 is 7.42. The molecule has 0 bridgehead atoms. The van der Waals surface area contributed by atoms with Crippen molar-refractivity contribution in [2.75, 3.05) is 19.3 Å². The molecule has 0 saturated carbocycles. The maximum atomic E-state index is 11.7. The molecule has 3 nitrogen and oxygen atoms in total. The van der Waals surface area contributed by atoms with E-state index in [2.05, 4.69) is 0 Å². The number of benzene rings is 1. The van der Waals surface area contributed by atoms with E-state index in [1.54, 1.807) is 30.6 Å². The van der Waals surface area contributed by atoms with Crippen LogP contribution in [0.1, 0.15) is 13.3 Å². The molecule has 0 radical (unpaired) electrons. The Morgan fingerprint density at radius 1 is 1.44 bits per heavy atom. The lowest BCUT2D eigenvalue weighted by Gasteiger charge is -2.18. The van der Waals surface area contributed by atoms with Crippen LogP contribution < -0.4 is 0 Å². The van der Waals surface area contributed by atoms with Crippen LogP contribution in [0.5, 0.6) is 0 Å². The summed E-state index contributed by atoms with van der Waals surface area (Å²) in [5.41, 5.74) is 0. The molecule has 0 saturated heterocycles. The van der Waals surface area contributed by atoms with Gasteiger partial charge in [-0.05, 0) is 31.2 Å². The van der Waals surface area contributed by atoms with Crippen molar-refractivity contribution >= 4 is 29.3 Å². The summed E-state index contributed by atoms with van der Waals surface area (Å²) in [5.74, 6) is 0.780. The van der Waals surface area contributed by atoms with Crippen molar-refractivity contribution in [1.29, 1.82) is 0 Å². The van der Waals surface area contributed by atoms with E-state index in [0.717, 1.165) is 10.6 Å². The van der Waals surface area contributed by atoms with Crippen molar-refractivity contribution in [3.05, 3.63) is 29.3 Å². The molecular weight excluding hydrogens is 270 g/mol. The number of hydrogen-bond acceptors (Lipinski definition) is 3. The lowest BCUT2D eigenvalue weighted by molar-refractivity contribution is -0.130. The first-order valence-corrected chi connectivity index (χ1v) is 7.16. The fraction of sp³-hybridized carbons (Fsp3) is 0.462. The number of nitrogens with zero attached hydrogens (tertiary/aromatic N) is 1. The predicted octanol–water partition coefficient (Wildman–Crippen LogP) is 2.66. The van der Waals surface area contributed by atoms with E-state index in [4.69, 9.17) is 11.6 Å². The summed E-state index contributed by atoms with van der Waals surface area (Å²) < 4.78 is 0. The Labute approximate surface area is 117 Å². The monoisotopic (exact) mass is 287 g/mol. The Morgan fingerprint density at radius 2 is 2.06 bits per heavy atom. The molecule has 0 spiro atoms. The zero-order chi connectivity index (χ0) is 13.5. The van der Waals surface area contributed by atoms with Crippen LogP contribution in [0.25, 0.3) is 0 Å². The third-order valence-corrected chi connectivity index (χ3v) is 3.63. The van der Waals surface area contributed by atoms with E-state index in [-0.39, 0.29) is 5.91 Å². The van der Waals surface area contributed by atoms with Gasteiger partial charge in [0, 0.05) is 35.7 Å². The average Bonchev–Trinajstić information content (AvgIpc) is 2.30. The fourth-order valence-corrected chi connectivity index (χ4v) is 2.44. The zero-order valence-corrected chi connectivity index (χ0v) is 12.2. The first kappa shape index (κ1) is 15.3. The first-order chi connectivity index (χ1) is 8.49. The van der Waals surface area contributed by atoms with Crippen LogP contribution >= 0.6 is 23.4 Å². The molecule has 1 aromatic rings. The van der Waals surface area contributed by atoms with Crippen molar-refractivity contribution in [2.24, 2.45) is 0 Å². The van der Waals surface area contributed by atoms with Crippen molar-refractivity contribution in [2.45, 2.75) is 24.3 Å². The van der Waals surface area contributed by atoms with E-state index in [1.165, 1.54) is 0 Å². The molecule has 0 aliphatic carbocycles. The van der Waals surface area contributed by atoms with E-state index in [0.29, 0.717) is 18.0 Å². The number of aliphatic hydroxyl groups excluding tert-OH is 1. The third-order valence-electron chi connectivity index (χ3n) is 2.36. The molecule has 1 aromatic carbocycles. The van der Waals surface area contributed by atoms with E-state index in [1.807, 2.05) is 24.3 Å². The molecule has 18 heavy (non-hydrogen) atoms. The SMILES string of the molecule is CC(O)CN(C)C(=O)CCSc1ccc(Cl)cc1. The molecule has 1 rings (SSSR count). The molecule has 1 atom stereocenters. The first-order valence-electron chi connectivity index (χ1n) is 5.79. The van der Waals surface area contributed by atoms with Crippen LogP contribution in [0.2, 0.25) is 5.02 Å². The van der Waals surface area contributed by atoms with Gasteiger partial charge in [-0.1, -0.05) is 11.6 Å². The van der Waals surface area contributed by atoms with Gasteiger partial charge in [-0.15, -0.1) is 11.8 Å². The Bertz CT molecular complexity index is 381. The number of amides is 1. The van der Waals surface area contributed by atoms with E-state index in [9.17, 15) is 9.90 Å². The highest BCUT2D eigenvalue weighted by atomic mass is 35.5. The Balaban J connectivity index is 2.29. The van der Waals surface area contributed by atoms with Gasteiger partial charge in [-0.3, -0.25) is 4.79 Å². The molecule has 0 aliphatic heterocycles. The number of hydrogen-bond donors (Lipinski definition) is 1. The number of thioether (sulfide) groups is 1. The topological polar surface area (TPSA) is 40.5 Å². The minimum atomic E-state index is -0.483. The highest BCUT2D eigenvalue weighted by Gasteiger charge is 2.10. The lowest BCUT2D eigenvalue weighted by atomic mass is 10.3. The number of carbonyl (C=O) groups is 1. The molecule has 0 fully saturated rings. The molecule has 5 heteroatoms. The highest BCUT2D eigenvalue weighted by Crippen LogP contribution is 2.21. The van der Waals surface area contributed by atoms with Crippen LogP contribution in [-0.2, 0) is 4.79 Å². The Hall–Kier alpha value is -0.710. The average molecular weight is 288 g/mol. The molecule has 100 valence electrons. The number of likely N-dealkylation sites (N-methyl/N-ethyl adjacent to an activating group) is 1. The normalized spacial score (nSPS) is 12.2. The summed E-state index contributed by atoms with van der Waals surface area (Å²) in [4.78, 5) is 14.4. The Kier molecular flexibility index (Phi) is 6.54. The summed E-state index contributed by atoms with van der Waals surface area (Å²) in [6.07, 6.45) is -0.0147. The quantitative estimate of drug-likeness (QED) is 0.818. The summed E-state index contributed by atoms with van der Waals surface area (Å²) in [6.45, 7) is 2.05. The van der Waals surface area contributed by atoms with Crippen molar-refractivity contribution in [3.63, 3.8) is 0 Å². The molecule has 1 amide bonds.